The molecule has 2 nitrogen and oxygen atoms in total. The zero-order chi connectivity index (χ0) is 4.83. The van der Waals surface area contributed by atoms with Gasteiger partial charge in [-0.1, -0.05) is 5.16 Å². The van der Waals surface area contributed by atoms with Crippen LogP contribution in [0.2, 0.25) is 0 Å². The second-order valence-corrected chi connectivity index (χ2v) is 0.526. The third kappa shape index (κ3) is 3.40. The molecule has 0 saturated carbocycles. The van der Waals surface area contributed by atoms with E-state index in [0.29, 0.717) is 0 Å². The molecular weight excluding hydrogens is 85.0 g/mol. The Balaban J connectivity index is 2.66. The average Bonchev–Trinajstić information content (AvgIpc) is 1.61. The second kappa shape index (κ2) is 4.40. The number of halogens is 1. The molecule has 0 unspecified atom stereocenters. The summed E-state index contributed by atoms with van der Waals surface area (Å²) in [4.78, 5) is 3.82. The van der Waals surface area contributed by atoms with E-state index in [2.05, 4.69) is 16.9 Å². The molecular formula is C3H5FNO. The quantitative estimate of drug-likeness (QED) is 0.362. The lowest BCUT2D eigenvalue weighted by Crippen LogP contribution is -1.73. The lowest BCUT2D eigenvalue weighted by molar-refractivity contribution is 0.0647. The lowest BCUT2D eigenvalue weighted by atomic mass is 10.9. The smallest absolute Gasteiger partial charge is 0.255 e. The predicted molar refractivity (Wildman–Crippen MR) is 20.9 cm³/mol. The highest BCUT2D eigenvalue weighted by molar-refractivity contribution is 5.60. The van der Waals surface area contributed by atoms with Crippen molar-refractivity contribution in [3.8, 4) is 0 Å². The molecule has 0 aromatic heterocycles. The first-order chi connectivity index (χ1) is 2.91. The number of hydrogen-bond donors (Lipinski definition) is 0. The van der Waals surface area contributed by atoms with E-state index in [4.69, 9.17) is 0 Å². The molecule has 1 radical (unpaired) electrons. The van der Waals surface area contributed by atoms with E-state index < -0.39 is 6.86 Å². The van der Waals surface area contributed by atoms with Crippen molar-refractivity contribution < 1.29 is 9.23 Å². The van der Waals surface area contributed by atoms with Crippen LogP contribution in [0.15, 0.2) is 5.16 Å². The first-order valence-electron chi connectivity index (χ1n) is 1.40. The Labute approximate surface area is 35.6 Å². The number of nitrogens with zero attached hydrogens (tertiary/aromatic N) is 1. The minimum Gasteiger partial charge on any atom is -0.362 e. The highest BCUT2D eigenvalue weighted by atomic mass is 19.1. The molecule has 0 fully saturated rings. The zero-order valence-electron chi connectivity index (χ0n) is 3.22. The molecule has 0 aliphatic heterocycles. The van der Waals surface area contributed by atoms with Crippen LogP contribution in [0.25, 0.3) is 0 Å². The van der Waals surface area contributed by atoms with Crippen molar-refractivity contribution in [2.24, 2.45) is 5.16 Å². The average molecular weight is 90.1 g/mol. The number of alkyl halides is 1. The molecule has 0 atom stereocenters. The summed E-state index contributed by atoms with van der Waals surface area (Å²) in [5.74, 6) is 0. The maximum absolute atomic E-state index is 10.8. The van der Waals surface area contributed by atoms with Gasteiger partial charge >= 0.3 is 0 Å². The third-order valence-corrected chi connectivity index (χ3v) is 0.198. The summed E-state index contributed by atoms with van der Waals surface area (Å²) in [6.45, 7) is 2.26. The van der Waals surface area contributed by atoms with Crippen molar-refractivity contribution in [3.63, 3.8) is 0 Å². The summed E-state index contributed by atoms with van der Waals surface area (Å²) >= 11 is 0. The summed E-state index contributed by atoms with van der Waals surface area (Å²) in [5, 5.41) is 2.98. The monoisotopic (exact) mass is 90.0 g/mol. The summed E-state index contributed by atoms with van der Waals surface area (Å²) in [6.07, 6.45) is 1.12. The van der Waals surface area contributed by atoms with Crippen LogP contribution in [0.4, 0.5) is 4.39 Å². The van der Waals surface area contributed by atoms with E-state index in [1.165, 1.54) is 0 Å². The van der Waals surface area contributed by atoms with E-state index >= 15 is 0 Å². The molecule has 0 aliphatic carbocycles. The van der Waals surface area contributed by atoms with Crippen LogP contribution < -0.4 is 0 Å². The molecule has 0 aliphatic rings. The molecule has 6 heavy (non-hydrogen) atoms. The Bertz CT molecular complexity index is 46.1. The standard InChI is InChI=1S/C3H5FNO/c1-2-5-6-3-4/h2H,1,3H2. The van der Waals surface area contributed by atoms with Gasteiger partial charge in [0.2, 0.25) is 0 Å². The highest BCUT2D eigenvalue weighted by Crippen LogP contribution is 1.70. The van der Waals surface area contributed by atoms with Crippen LogP contribution >= 0.6 is 0 Å². The third-order valence-electron chi connectivity index (χ3n) is 0.198. The minimum atomic E-state index is -0.883. The van der Waals surface area contributed by atoms with Crippen molar-refractivity contribution in [2.75, 3.05) is 6.86 Å². The van der Waals surface area contributed by atoms with Crippen molar-refractivity contribution in [1.82, 2.24) is 0 Å². The van der Waals surface area contributed by atoms with E-state index in [9.17, 15) is 4.39 Å². The molecule has 0 saturated heterocycles. The van der Waals surface area contributed by atoms with Gasteiger partial charge in [-0.05, 0) is 6.92 Å². The van der Waals surface area contributed by atoms with Crippen LogP contribution in [0.1, 0.15) is 0 Å². The predicted octanol–water partition coefficient (Wildman–Crippen LogP) is 0.750. The molecule has 0 amide bonds. The Morgan fingerprint density at radius 2 is 2.67 bits per heavy atom. The number of hydrogen-bond acceptors (Lipinski definition) is 2. The van der Waals surface area contributed by atoms with Crippen molar-refractivity contribution in [3.05, 3.63) is 6.92 Å². The Morgan fingerprint density at radius 3 is 2.83 bits per heavy atom. The minimum absolute atomic E-state index is 0.883. The second-order valence-electron chi connectivity index (χ2n) is 0.526. The van der Waals surface area contributed by atoms with Gasteiger partial charge in [-0.2, -0.15) is 0 Å². The van der Waals surface area contributed by atoms with Gasteiger partial charge in [0.1, 0.15) is 0 Å². The van der Waals surface area contributed by atoms with Crippen molar-refractivity contribution in [1.29, 1.82) is 0 Å². The highest BCUT2D eigenvalue weighted by Gasteiger charge is 1.64. The molecule has 3 heteroatoms. The fourth-order valence-corrected chi connectivity index (χ4v) is 0.0809. The van der Waals surface area contributed by atoms with Gasteiger partial charge in [-0.25, -0.2) is 4.39 Å². The largest absolute Gasteiger partial charge is 0.362 e. The normalized spacial score (nSPS) is 9.67. The molecule has 0 aromatic rings. The van der Waals surface area contributed by atoms with Gasteiger partial charge in [-0.3, -0.25) is 0 Å². The Kier molecular flexibility index (Phi) is 3.96. The van der Waals surface area contributed by atoms with Crippen molar-refractivity contribution in [2.45, 2.75) is 0 Å². The molecule has 0 rings (SSSR count). The van der Waals surface area contributed by atoms with Gasteiger partial charge in [0.25, 0.3) is 6.86 Å². The molecule has 0 N–H and O–H groups in total. The molecule has 0 aromatic carbocycles. The summed E-state index contributed by atoms with van der Waals surface area (Å²) < 4.78 is 10.8. The van der Waals surface area contributed by atoms with E-state index in [-0.39, 0.29) is 0 Å². The van der Waals surface area contributed by atoms with Gasteiger partial charge in [0.05, 0.1) is 0 Å². The first kappa shape index (κ1) is 5.40. The van der Waals surface area contributed by atoms with Crippen LogP contribution in [0.3, 0.4) is 0 Å². The summed E-state index contributed by atoms with van der Waals surface area (Å²) in [6, 6.07) is 0. The summed E-state index contributed by atoms with van der Waals surface area (Å²) in [5.41, 5.74) is 0. The molecule has 35 valence electrons. The van der Waals surface area contributed by atoms with Crippen LogP contribution in [0, 0.1) is 6.92 Å². The summed E-state index contributed by atoms with van der Waals surface area (Å²) in [7, 11) is 0. The van der Waals surface area contributed by atoms with Crippen molar-refractivity contribution >= 4 is 6.21 Å². The molecule has 0 bridgehead atoms. The molecule has 0 heterocycles. The first-order valence-corrected chi connectivity index (χ1v) is 1.40. The fourth-order valence-electron chi connectivity index (χ4n) is 0.0809. The molecule has 0 spiro atoms. The lowest BCUT2D eigenvalue weighted by Gasteiger charge is -1.81. The van der Waals surface area contributed by atoms with E-state index in [1.807, 2.05) is 0 Å². The zero-order valence-corrected chi connectivity index (χ0v) is 3.22. The maximum Gasteiger partial charge on any atom is 0.255 e. The van der Waals surface area contributed by atoms with Gasteiger partial charge < -0.3 is 4.84 Å². The van der Waals surface area contributed by atoms with Gasteiger partial charge in [-0.15, -0.1) is 0 Å². The SMILES string of the molecule is [CH2]C=NOCF. The van der Waals surface area contributed by atoms with Crippen LogP contribution in [0.5, 0.6) is 0 Å². The topological polar surface area (TPSA) is 21.6 Å². The Morgan fingerprint density at radius 1 is 2.00 bits per heavy atom. The van der Waals surface area contributed by atoms with Gasteiger partial charge in [0.15, 0.2) is 0 Å². The fraction of sp³-hybridized carbons (Fsp3) is 0.333. The number of rotatable bonds is 2. The van der Waals surface area contributed by atoms with E-state index in [0.717, 1.165) is 6.21 Å². The van der Waals surface area contributed by atoms with Gasteiger partial charge in [0, 0.05) is 6.21 Å². The maximum atomic E-state index is 10.8. The number of oxime groups is 1. The van der Waals surface area contributed by atoms with E-state index in [1.54, 1.807) is 0 Å². The van der Waals surface area contributed by atoms with Crippen LogP contribution in [-0.2, 0) is 4.84 Å². The van der Waals surface area contributed by atoms with Crippen LogP contribution in [-0.4, -0.2) is 13.1 Å². The Hall–Kier alpha value is -0.600.